The number of rotatable bonds is 10. The number of carboxylic acid groups (broad SMARTS) is 1. The van der Waals surface area contributed by atoms with Crippen LogP contribution in [0.2, 0.25) is 0 Å². The van der Waals surface area contributed by atoms with Crippen molar-refractivity contribution in [1.82, 2.24) is 10.2 Å². The molecule has 2 amide bonds. The summed E-state index contributed by atoms with van der Waals surface area (Å²) in [6, 6.07) is 19.8. The fourth-order valence-corrected chi connectivity index (χ4v) is 3.80. The van der Waals surface area contributed by atoms with Crippen LogP contribution in [-0.4, -0.2) is 65.5 Å². The summed E-state index contributed by atoms with van der Waals surface area (Å²) in [5.74, 6) is -2.27. The molecule has 0 saturated heterocycles. The van der Waals surface area contributed by atoms with Crippen LogP contribution in [0.3, 0.4) is 0 Å². The molecule has 3 aromatic carbocycles. The number of carboxylic acids is 1. The number of hydrogen-bond donors (Lipinski definition) is 2. The number of carbonyl (C=O) groups excluding carboxylic acids is 3. The lowest BCUT2D eigenvalue weighted by atomic mass is 10.0. The number of amides is 2. The van der Waals surface area contributed by atoms with Crippen molar-refractivity contribution >= 4 is 34.9 Å². The molecule has 2 atom stereocenters. The van der Waals surface area contributed by atoms with Gasteiger partial charge in [-0.25, -0.2) is 19.2 Å². The van der Waals surface area contributed by atoms with E-state index in [2.05, 4.69) is 5.32 Å². The molecule has 0 fully saturated rings. The number of carbonyl (C=O) groups is 4. The van der Waals surface area contributed by atoms with Crippen LogP contribution in [-0.2, 0) is 36.8 Å². The zero-order valence-corrected chi connectivity index (χ0v) is 23.0. The van der Waals surface area contributed by atoms with Crippen molar-refractivity contribution in [2.75, 3.05) is 13.7 Å². The maximum absolute atomic E-state index is 13.3. The number of hydrogen-bond acceptors (Lipinski definition) is 7. The number of esters is 1. The number of nitrogens with zero attached hydrogens (tertiary/aromatic N) is 1. The van der Waals surface area contributed by atoms with Gasteiger partial charge in [0, 0.05) is 13.5 Å². The van der Waals surface area contributed by atoms with E-state index in [1.54, 1.807) is 32.9 Å². The van der Waals surface area contributed by atoms with E-state index in [0.717, 1.165) is 26.8 Å². The van der Waals surface area contributed by atoms with Gasteiger partial charge in [-0.3, -0.25) is 4.90 Å². The molecule has 212 valence electrons. The molecule has 40 heavy (non-hydrogen) atoms. The summed E-state index contributed by atoms with van der Waals surface area (Å²) in [5.41, 5.74) is 0.679. The summed E-state index contributed by atoms with van der Waals surface area (Å²) in [5, 5.41) is 13.7. The summed E-state index contributed by atoms with van der Waals surface area (Å²) in [6.07, 6.45) is -1.64. The van der Waals surface area contributed by atoms with E-state index in [9.17, 15) is 24.3 Å². The van der Waals surface area contributed by atoms with Gasteiger partial charge in [-0.2, -0.15) is 0 Å². The van der Waals surface area contributed by atoms with Crippen molar-refractivity contribution in [3.05, 3.63) is 83.9 Å². The molecule has 10 nitrogen and oxygen atoms in total. The van der Waals surface area contributed by atoms with Gasteiger partial charge < -0.3 is 24.6 Å². The highest BCUT2D eigenvalue weighted by atomic mass is 16.6. The molecule has 0 heterocycles. The fourth-order valence-electron chi connectivity index (χ4n) is 3.80. The Labute approximate surface area is 232 Å². The predicted octanol–water partition coefficient (Wildman–Crippen LogP) is 4.54. The van der Waals surface area contributed by atoms with E-state index in [1.807, 2.05) is 60.7 Å². The second-order valence-electron chi connectivity index (χ2n) is 10.2. The van der Waals surface area contributed by atoms with Crippen LogP contribution in [0.1, 0.15) is 31.9 Å². The van der Waals surface area contributed by atoms with Gasteiger partial charge in [0.05, 0.1) is 0 Å². The summed E-state index contributed by atoms with van der Waals surface area (Å²) >= 11 is 0. The van der Waals surface area contributed by atoms with E-state index < -0.39 is 48.4 Å². The van der Waals surface area contributed by atoms with Crippen LogP contribution in [0.5, 0.6) is 0 Å². The summed E-state index contributed by atoms with van der Waals surface area (Å²) in [7, 11) is 1.41. The molecule has 0 saturated carbocycles. The first kappa shape index (κ1) is 29.9. The number of aliphatic carboxylic acids is 1. The average Bonchev–Trinajstić information content (AvgIpc) is 2.91. The van der Waals surface area contributed by atoms with Gasteiger partial charge >= 0.3 is 24.1 Å². The standard InChI is InChI=1S/C30H34N2O8/c1-30(2,3)40-28(36)31-24(26(33)34)19-38-27(35)25(17-21-14-15-22-12-8-9-13-23(22)16-21)32(4)29(37)39-18-20-10-6-5-7-11-20/h5-16,24-25H,17-19H2,1-4H3,(H,31,36)(H,33,34)/t24-,25-/m0/s1. The molecule has 0 aliphatic carbocycles. The van der Waals surface area contributed by atoms with E-state index in [1.165, 1.54) is 7.05 Å². The second-order valence-corrected chi connectivity index (χ2v) is 10.2. The Morgan fingerprint density at radius 2 is 1.52 bits per heavy atom. The molecular formula is C30H34N2O8. The molecule has 3 rings (SSSR count). The van der Waals surface area contributed by atoms with E-state index >= 15 is 0 Å². The van der Waals surface area contributed by atoms with Crippen molar-refractivity contribution in [1.29, 1.82) is 0 Å². The van der Waals surface area contributed by atoms with Gasteiger partial charge in [-0.1, -0.05) is 72.8 Å². The first-order valence-electron chi connectivity index (χ1n) is 12.7. The van der Waals surface area contributed by atoms with Gasteiger partial charge in [0.15, 0.2) is 6.04 Å². The third kappa shape index (κ3) is 9.00. The maximum Gasteiger partial charge on any atom is 0.410 e. The number of alkyl carbamates (subject to hydrolysis) is 1. The van der Waals surface area contributed by atoms with Crippen molar-refractivity contribution in [3.8, 4) is 0 Å². The Morgan fingerprint density at radius 3 is 2.17 bits per heavy atom. The van der Waals surface area contributed by atoms with Crippen molar-refractivity contribution in [2.45, 2.75) is 51.5 Å². The SMILES string of the molecule is CN(C(=O)OCc1ccccc1)[C@@H](Cc1ccc2ccccc2c1)C(=O)OC[C@H](NC(=O)OC(C)(C)C)C(=O)O. The first-order chi connectivity index (χ1) is 18.9. The van der Waals surface area contributed by atoms with Crippen LogP contribution in [0, 0.1) is 0 Å². The highest BCUT2D eigenvalue weighted by Gasteiger charge is 2.32. The minimum atomic E-state index is -1.56. The number of ether oxygens (including phenoxy) is 3. The highest BCUT2D eigenvalue weighted by Crippen LogP contribution is 2.19. The van der Waals surface area contributed by atoms with Gasteiger partial charge in [0.2, 0.25) is 0 Å². The smallest absolute Gasteiger partial charge is 0.410 e. The average molecular weight is 551 g/mol. The summed E-state index contributed by atoms with van der Waals surface area (Å²) in [6.45, 7) is 4.22. The van der Waals surface area contributed by atoms with Gasteiger partial charge in [-0.15, -0.1) is 0 Å². The molecule has 0 aromatic heterocycles. The van der Waals surface area contributed by atoms with Crippen molar-refractivity contribution in [2.24, 2.45) is 0 Å². The number of fused-ring (bicyclic) bond motifs is 1. The lowest BCUT2D eigenvalue weighted by Gasteiger charge is -2.27. The third-order valence-corrected chi connectivity index (χ3v) is 5.86. The minimum Gasteiger partial charge on any atom is -0.480 e. The van der Waals surface area contributed by atoms with Crippen LogP contribution < -0.4 is 5.32 Å². The van der Waals surface area contributed by atoms with Crippen LogP contribution in [0.25, 0.3) is 10.8 Å². The molecule has 0 bridgehead atoms. The molecule has 2 N–H and O–H groups in total. The Bertz CT molecular complexity index is 1340. The molecule has 10 heteroatoms. The molecule has 0 radical (unpaired) electrons. The van der Waals surface area contributed by atoms with Gasteiger partial charge in [0.25, 0.3) is 0 Å². The lowest BCUT2D eigenvalue weighted by molar-refractivity contribution is -0.152. The zero-order valence-electron chi connectivity index (χ0n) is 23.0. The Hall–Kier alpha value is -4.60. The predicted molar refractivity (Wildman–Crippen MR) is 148 cm³/mol. The summed E-state index contributed by atoms with van der Waals surface area (Å²) in [4.78, 5) is 51.1. The van der Waals surface area contributed by atoms with E-state index in [0.29, 0.717) is 0 Å². The Balaban J connectivity index is 1.75. The first-order valence-corrected chi connectivity index (χ1v) is 12.7. The third-order valence-electron chi connectivity index (χ3n) is 5.86. The second kappa shape index (κ2) is 13.5. The summed E-state index contributed by atoms with van der Waals surface area (Å²) < 4.78 is 15.8. The van der Waals surface area contributed by atoms with Crippen LogP contribution in [0.4, 0.5) is 9.59 Å². The van der Waals surface area contributed by atoms with Gasteiger partial charge in [0.1, 0.15) is 24.9 Å². The van der Waals surface area contributed by atoms with Crippen LogP contribution >= 0.6 is 0 Å². The number of nitrogens with one attached hydrogen (secondary N) is 1. The molecule has 0 unspecified atom stereocenters. The Kier molecular flexibility index (Phi) is 10.1. The largest absolute Gasteiger partial charge is 0.480 e. The van der Waals surface area contributed by atoms with E-state index in [4.69, 9.17) is 14.2 Å². The normalized spacial score (nSPS) is 12.6. The fraction of sp³-hybridized carbons (Fsp3) is 0.333. The molecule has 0 aliphatic rings. The Morgan fingerprint density at radius 1 is 0.875 bits per heavy atom. The quantitative estimate of drug-likeness (QED) is 0.278. The monoisotopic (exact) mass is 550 g/mol. The van der Waals surface area contributed by atoms with Crippen molar-refractivity contribution in [3.63, 3.8) is 0 Å². The molecular weight excluding hydrogens is 516 g/mol. The topological polar surface area (TPSA) is 131 Å². The van der Waals surface area contributed by atoms with E-state index in [-0.39, 0.29) is 13.0 Å². The number of benzene rings is 3. The lowest BCUT2D eigenvalue weighted by Crippen LogP contribution is -2.49. The van der Waals surface area contributed by atoms with Crippen LogP contribution in [0.15, 0.2) is 72.8 Å². The molecule has 0 aliphatic heterocycles. The zero-order chi connectivity index (χ0) is 29.3. The number of likely N-dealkylation sites (N-methyl/N-ethyl adjacent to an activating group) is 1. The molecule has 0 spiro atoms. The highest BCUT2D eigenvalue weighted by molar-refractivity contribution is 5.85. The van der Waals surface area contributed by atoms with Crippen molar-refractivity contribution < 1.29 is 38.5 Å². The van der Waals surface area contributed by atoms with Gasteiger partial charge in [-0.05, 0) is 42.7 Å². The maximum atomic E-state index is 13.3. The molecule has 3 aromatic rings. The minimum absolute atomic E-state index is 0.00263.